The molecule has 1 atom stereocenters. The molecule has 0 aliphatic carbocycles. The second kappa shape index (κ2) is 8.34. The molecule has 0 fully saturated rings. The molecule has 5 heteroatoms. The van der Waals surface area contributed by atoms with Crippen molar-refractivity contribution in [2.75, 3.05) is 11.5 Å². The monoisotopic (exact) mass is 205 g/mol. The standard InChI is InChI=1S/C8H19N3OS/c1-2-7(9)6-13-5-3-4-8(12)11-10/h7H,2-6,9-10H2,1H3,(H,11,12). The maximum absolute atomic E-state index is 10.7. The summed E-state index contributed by atoms with van der Waals surface area (Å²) < 4.78 is 0. The Morgan fingerprint density at radius 1 is 1.62 bits per heavy atom. The number of hydrazine groups is 1. The fourth-order valence-corrected chi connectivity index (χ4v) is 1.81. The molecule has 0 saturated heterocycles. The predicted octanol–water partition coefficient (Wildman–Crippen LogP) is 0.227. The molecule has 0 spiro atoms. The summed E-state index contributed by atoms with van der Waals surface area (Å²) in [6.07, 6.45) is 2.38. The lowest BCUT2D eigenvalue weighted by molar-refractivity contribution is -0.121. The summed E-state index contributed by atoms with van der Waals surface area (Å²) in [5.41, 5.74) is 7.82. The quantitative estimate of drug-likeness (QED) is 0.240. The molecule has 0 aromatic rings. The molecular weight excluding hydrogens is 186 g/mol. The van der Waals surface area contributed by atoms with Crippen LogP contribution < -0.4 is 17.0 Å². The normalized spacial score (nSPS) is 12.5. The molecule has 0 aromatic carbocycles. The summed E-state index contributed by atoms with van der Waals surface area (Å²) in [6.45, 7) is 2.08. The van der Waals surface area contributed by atoms with Crippen molar-refractivity contribution in [2.24, 2.45) is 11.6 Å². The zero-order chi connectivity index (χ0) is 10.1. The number of hydrogen-bond donors (Lipinski definition) is 3. The van der Waals surface area contributed by atoms with E-state index in [1.54, 1.807) is 11.8 Å². The van der Waals surface area contributed by atoms with E-state index in [0.29, 0.717) is 6.42 Å². The van der Waals surface area contributed by atoms with Crippen LogP contribution in [0.3, 0.4) is 0 Å². The third kappa shape index (κ3) is 8.08. The van der Waals surface area contributed by atoms with Crippen molar-refractivity contribution in [3.05, 3.63) is 0 Å². The fourth-order valence-electron chi connectivity index (χ4n) is 0.760. The highest BCUT2D eigenvalue weighted by Crippen LogP contribution is 2.06. The van der Waals surface area contributed by atoms with Gasteiger partial charge in [-0.1, -0.05) is 6.92 Å². The molecule has 1 amide bonds. The van der Waals surface area contributed by atoms with Gasteiger partial charge in [0, 0.05) is 18.2 Å². The smallest absolute Gasteiger partial charge is 0.233 e. The van der Waals surface area contributed by atoms with E-state index in [1.807, 2.05) is 0 Å². The molecule has 0 aromatic heterocycles. The highest BCUT2D eigenvalue weighted by molar-refractivity contribution is 7.99. The molecule has 0 saturated carbocycles. The topological polar surface area (TPSA) is 81.1 Å². The van der Waals surface area contributed by atoms with Crippen LogP contribution in [0.4, 0.5) is 0 Å². The second-order valence-corrected chi connectivity index (χ2v) is 4.06. The Morgan fingerprint density at radius 3 is 2.85 bits per heavy atom. The summed E-state index contributed by atoms with van der Waals surface area (Å²) in [6, 6.07) is 0.285. The zero-order valence-corrected chi connectivity index (χ0v) is 8.90. The van der Waals surface area contributed by atoms with Gasteiger partial charge in [0.1, 0.15) is 0 Å². The van der Waals surface area contributed by atoms with E-state index in [1.165, 1.54) is 0 Å². The first-order chi connectivity index (χ1) is 6.20. The van der Waals surface area contributed by atoms with Crippen molar-refractivity contribution < 1.29 is 4.79 Å². The first kappa shape index (κ1) is 12.7. The molecule has 0 aliphatic heterocycles. The van der Waals surface area contributed by atoms with Gasteiger partial charge in [0.05, 0.1) is 0 Å². The van der Waals surface area contributed by atoms with E-state index < -0.39 is 0 Å². The number of carbonyl (C=O) groups excluding carboxylic acids is 1. The van der Waals surface area contributed by atoms with E-state index in [-0.39, 0.29) is 11.9 Å². The van der Waals surface area contributed by atoms with Gasteiger partial charge in [0.2, 0.25) is 5.91 Å². The van der Waals surface area contributed by atoms with Gasteiger partial charge in [0.25, 0.3) is 0 Å². The van der Waals surface area contributed by atoms with Crippen LogP contribution in [0.5, 0.6) is 0 Å². The average molecular weight is 205 g/mol. The Kier molecular flexibility index (Phi) is 8.18. The lowest BCUT2D eigenvalue weighted by Gasteiger charge is -2.07. The molecule has 13 heavy (non-hydrogen) atoms. The van der Waals surface area contributed by atoms with Gasteiger partial charge < -0.3 is 5.73 Å². The van der Waals surface area contributed by atoms with E-state index in [0.717, 1.165) is 24.3 Å². The molecule has 5 N–H and O–H groups in total. The number of thioether (sulfide) groups is 1. The third-order valence-corrected chi connectivity index (χ3v) is 2.95. The molecule has 0 bridgehead atoms. The van der Waals surface area contributed by atoms with Crippen LogP contribution in [0.15, 0.2) is 0 Å². The molecule has 78 valence electrons. The summed E-state index contributed by atoms with van der Waals surface area (Å²) >= 11 is 1.79. The maximum Gasteiger partial charge on any atom is 0.233 e. The van der Waals surface area contributed by atoms with E-state index >= 15 is 0 Å². The van der Waals surface area contributed by atoms with Crippen LogP contribution in [0.2, 0.25) is 0 Å². The number of hydrogen-bond acceptors (Lipinski definition) is 4. The van der Waals surface area contributed by atoms with Gasteiger partial charge >= 0.3 is 0 Å². The Hall–Kier alpha value is -0.260. The lowest BCUT2D eigenvalue weighted by Crippen LogP contribution is -2.29. The van der Waals surface area contributed by atoms with Crippen LogP contribution in [-0.4, -0.2) is 23.5 Å². The minimum absolute atomic E-state index is 0.0969. The van der Waals surface area contributed by atoms with Crippen LogP contribution >= 0.6 is 11.8 Å². The van der Waals surface area contributed by atoms with Gasteiger partial charge in [-0.15, -0.1) is 0 Å². The number of amides is 1. The fraction of sp³-hybridized carbons (Fsp3) is 0.875. The molecule has 0 rings (SSSR count). The lowest BCUT2D eigenvalue weighted by atomic mass is 10.3. The van der Waals surface area contributed by atoms with Crippen LogP contribution in [-0.2, 0) is 4.79 Å². The van der Waals surface area contributed by atoms with Gasteiger partial charge in [-0.05, 0) is 18.6 Å². The second-order valence-electron chi connectivity index (χ2n) is 2.91. The van der Waals surface area contributed by atoms with Crippen molar-refractivity contribution in [3.63, 3.8) is 0 Å². The zero-order valence-electron chi connectivity index (χ0n) is 8.08. The van der Waals surface area contributed by atoms with Gasteiger partial charge in [-0.2, -0.15) is 11.8 Å². The van der Waals surface area contributed by atoms with Crippen molar-refractivity contribution in [2.45, 2.75) is 32.2 Å². The highest BCUT2D eigenvalue weighted by atomic mass is 32.2. The maximum atomic E-state index is 10.7. The van der Waals surface area contributed by atoms with Crippen molar-refractivity contribution in [3.8, 4) is 0 Å². The first-order valence-electron chi connectivity index (χ1n) is 4.53. The highest BCUT2D eigenvalue weighted by Gasteiger charge is 2.00. The average Bonchev–Trinajstić information content (AvgIpc) is 2.16. The van der Waals surface area contributed by atoms with Crippen molar-refractivity contribution in [1.82, 2.24) is 5.43 Å². The number of nitrogens with two attached hydrogens (primary N) is 2. The molecule has 1 unspecified atom stereocenters. The Labute approximate surface area is 83.8 Å². The Morgan fingerprint density at radius 2 is 2.31 bits per heavy atom. The Balaban J connectivity index is 3.12. The molecule has 0 radical (unpaired) electrons. The van der Waals surface area contributed by atoms with Gasteiger partial charge in [-0.25, -0.2) is 5.84 Å². The van der Waals surface area contributed by atoms with E-state index in [9.17, 15) is 4.79 Å². The summed E-state index contributed by atoms with van der Waals surface area (Å²) in [5, 5.41) is 0. The summed E-state index contributed by atoms with van der Waals surface area (Å²) in [7, 11) is 0. The Bertz CT molecular complexity index is 143. The minimum Gasteiger partial charge on any atom is -0.327 e. The SMILES string of the molecule is CCC(N)CSCCCC(=O)NN. The molecule has 0 heterocycles. The number of nitrogens with one attached hydrogen (secondary N) is 1. The van der Waals surface area contributed by atoms with Gasteiger partial charge in [0.15, 0.2) is 0 Å². The van der Waals surface area contributed by atoms with E-state index in [4.69, 9.17) is 11.6 Å². The third-order valence-electron chi connectivity index (χ3n) is 1.71. The summed E-state index contributed by atoms with van der Waals surface area (Å²) in [4.78, 5) is 10.7. The van der Waals surface area contributed by atoms with Crippen LogP contribution in [0.1, 0.15) is 26.2 Å². The first-order valence-corrected chi connectivity index (χ1v) is 5.69. The largest absolute Gasteiger partial charge is 0.327 e. The molecule has 0 aliphatic rings. The molecule has 4 nitrogen and oxygen atoms in total. The summed E-state index contributed by atoms with van der Waals surface area (Å²) in [5.74, 6) is 6.78. The predicted molar refractivity (Wildman–Crippen MR) is 57.2 cm³/mol. The van der Waals surface area contributed by atoms with Crippen molar-refractivity contribution in [1.29, 1.82) is 0 Å². The molecular formula is C8H19N3OS. The van der Waals surface area contributed by atoms with Gasteiger partial charge in [-0.3, -0.25) is 10.2 Å². The minimum atomic E-state index is -0.0969. The van der Waals surface area contributed by atoms with E-state index in [2.05, 4.69) is 12.3 Å². The number of rotatable bonds is 7. The van der Waals surface area contributed by atoms with Crippen LogP contribution in [0, 0.1) is 0 Å². The van der Waals surface area contributed by atoms with Crippen molar-refractivity contribution >= 4 is 17.7 Å². The number of carbonyl (C=O) groups is 1. The van der Waals surface area contributed by atoms with Crippen LogP contribution in [0.25, 0.3) is 0 Å².